The summed E-state index contributed by atoms with van der Waals surface area (Å²) in [5.41, 5.74) is 0.109. The van der Waals surface area contributed by atoms with Gasteiger partial charge in [0.25, 0.3) is 0 Å². The first-order valence-corrected chi connectivity index (χ1v) is 5.94. The van der Waals surface area contributed by atoms with E-state index in [1.165, 1.54) is 14.0 Å². The monoisotopic (exact) mass is 270 g/mol. The molecule has 0 spiro atoms. The van der Waals surface area contributed by atoms with Crippen LogP contribution in [-0.2, 0) is 19.9 Å². The molecule has 1 aromatic carbocycles. The summed E-state index contributed by atoms with van der Waals surface area (Å²) in [6, 6.07) is 5.20. The number of benzene rings is 1. The van der Waals surface area contributed by atoms with Gasteiger partial charge in [0.1, 0.15) is 5.75 Å². The Morgan fingerprint density at radius 1 is 1.33 bits per heavy atom. The van der Waals surface area contributed by atoms with Crippen LogP contribution in [0.2, 0.25) is 5.02 Å². The second-order valence-electron chi connectivity index (χ2n) is 4.79. The van der Waals surface area contributed by atoms with Crippen molar-refractivity contribution in [2.75, 3.05) is 7.11 Å². The molecule has 0 N–H and O–H groups in total. The first-order chi connectivity index (χ1) is 8.28. The van der Waals surface area contributed by atoms with E-state index in [1.54, 1.807) is 18.2 Å². The lowest BCUT2D eigenvalue weighted by atomic mass is 9.95. The number of methoxy groups -OCH3 is 1. The molecule has 1 heterocycles. The Morgan fingerprint density at radius 3 is 2.61 bits per heavy atom. The fourth-order valence-corrected chi connectivity index (χ4v) is 2.28. The van der Waals surface area contributed by atoms with E-state index in [-0.39, 0.29) is 0 Å². The maximum atomic E-state index is 11.8. The number of hydrogen-bond donors (Lipinski definition) is 0. The fraction of sp³-hybridized carbons (Fsp3) is 0.462. The maximum absolute atomic E-state index is 11.8. The zero-order chi connectivity index (χ0) is 13.6. The van der Waals surface area contributed by atoms with E-state index in [4.69, 9.17) is 25.8 Å². The minimum Gasteiger partial charge on any atom is -0.464 e. The van der Waals surface area contributed by atoms with Gasteiger partial charge in [0, 0.05) is 17.5 Å². The highest BCUT2D eigenvalue weighted by Crippen LogP contribution is 2.43. The summed E-state index contributed by atoms with van der Waals surface area (Å²) in [6.07, 6.45) is 0. The summed E-state index contributed by atoms with van der Waals surface area (Å²) < 4.78 is 16.1. The molecule has 0 aliphatic carbocycles. The van der Waals surface area contributed by atoms with E-state index < -0.39 is 17.4 Å². The van der Waals surface area contributed by atoms with Gasteiger partial charge in [-0.1, -0.05) is 11.6 Å². The number of rotatable bonds is 1. The molecule has 0 bridgehead atoms. The van der Waals surface area contributed by atoms with Gasteiger partial charge in [-0.2, -0.15) is 0 Å². The first-order valence-electron chi connectivity index (χ1n) is 5.56. The summed E-state index contributed by atoms with van der Waals surface area (Å²) in [7, 11) is 1.30. The topological polar surface area (TPSA) is 44.8 Å². The second-order valence-corrected chi connectivity index (χ2v) is 5.23. The summed E-state index contributed by atoms with van der Waals surface area (Å²) in [5, 5.41) is 0.593. The van der Waals surface area contributed by atoms with Gasteiger partial charge in [0.15, 0.2) is 0 Å². The van der Waals surface area contributed by atoms with E-state index in [2.05, 4.69) is 0 Å². The van der Waals surface area contributed by atoms with Gasteiger partial charge in [-0.25, -0.2) is 4.79 Å². The third kappa shape index (κ3) is 2.06. The Morgan fingerprint density at radius 2 is 2.00 bits per heavy atom. The van der Waals surface area contributed by atoms with E-state index in [0.717, 1.165) is 5.56 Å². The van der Waals surface area contributed by atoms with Crippen molar-refractivity contribution in [2.24, 2.45) is 0 Å². The van der Waals surface area contributed by atoms with Gasteiger partial charge >= 0.3 is 11.8 Å². The highest BCUT2D eigenvalue weighted by molar-refractivity contribution is 6.30. The molecule has 18 heavy (non-hydrogen) atoms. The molecule has 0 fully saturated rings. The lowest BCUT2D eigenvalue weighted by Crippen LogP contribution is -2.52. The molecular formula is C13H15ClO4. The molecule has 0 saturated carbocycles. The van der Waals surface area contributed by atoms with Crippen LogP contribution in [0.4, 0.5) is 0 Å². The summed E-state index contributed by atoms with van der Waals surface area (Å²) >= 11 is 5.96. The minimum absolute atomic E-state index is 0.573. The highest BCUT2D eigenvalue weighted by atomic mass is 35.5. The number of carbonyl (C=O) groups is 1. The van der Waals surface area contributed by atoms with Crippen molar-refractivity contribution in [2.45, 2.75) is 32.2 Å². The highest BCUT2D eigenvalue weighted by Gasteiger charge is 2.49. The lowest BCUT2D eigenvalue weighted by molar-refractivity contribution is -0.256. The van der Waals surface area contributed by atoms with E-state index in [1.807, 2.05) is 13.8 Å². The Balaban J connectivity index is 2.50. The standard InChI is InChI=1S/C13H15ClO4/c1-12(2)9-7-8(14)5-6-10(9)17-13(3,18-12)11(15)16-4/h5-7H,1-4H3. The molecule has 0 saturated heterocycles. The van der Waals surface area contributed by atoms with Crippen LogP contribution in [0, 0.1) is 0 Å². The molecule has 1 aliphatic rings. The van der Waals surface area contributed by atoms with Gasteiger partial charge in [-0.05, 0) is 32.0 Å². The lowest BCUT2D eigenvalue weighted by Gasteiger charge is -2.42. The van der Waals surface area contributed by atoms with Crippen LogP contribution in [0.15, 0.2) is 18.2 Å². The molecular weight excluding hydrogens is 256 g/mol. The molecule has 1 unspecified atom stereocenters. The quantitative estimate of drug-likeness (QED) is 0.736. The van der Waals surface area contributed by atoms with Crippen LogP contribution >= 0.6 is 11.6 Å². The molecule has 98 valence electrons. The predicted octanol–water partition coefficient (Wildman–Crippen LogP) is 2.87. The number of ether oxygens (including phenoxy) is 3. The zero-order valence-electron chi connectivity index (χ0n) is 10.7. The summed E-state index contributed by atoms with van der Waals surface area (Å²) in [6.45, 7) is 5.25. The molecule has 1 aliphatic heterocycles. The largest absolute Gasteiger partial charge is 0.464 e. The zero-order valence-corrected chi connectivity index (χ0v) is 11.5. The van der Waals surface area contributed by atoms with Crippen LogP contribution in [0.25, 0.3) is 0 Å². The number of halogens is 1. The SMILES string of the molecule is COC(=O)C1(C)Oc2ccc(Cl)cc2C(C)(C)O1. The third-order valence-corrected chi connectivity index (χ3v) is 3.14. The van der Waals surface area contributed by atoms with Gasteiger partial charge in [-0.3, -0.25) is 0 Å². The van der Waals surface area contributed by atoms with Crippen LogP contribution in [0.5, 0.6) is 5.75 Å². The van der Waals surface area contributed by atoms with Gasteiger partial charge in [0.05, 0.1) is 12.7 Å². The molecule has 5 heteroatoms. The molecule has 1 atom stereocenters. The molecule has 2 rings (SSSR count). The van der Waals surface area contributed by atoms with Crippen LogP contribution in [0.1, 0.15) is 26.3 Å². The molecule has 0 aromatic heterocycles. The molecule has 1 aromatic rings. The maximum Gasteiger partial charge on any atom is 0.379 e. The molecule has 0 amide bonds. The number of carbonyl (C=O) groups excluding carboxylic acids is 1. The van der Waals surface area contributed by atoms with Crippen molar-refractivity contribution in [3.05, 3.63) is 28.8 Å². The Hall–Kier alpha value is -1.26. The van der Waals surface area contributed by atoms with Crippen molar-refractivity contribution in [1.82, 2.24) is 0 Å². The Labute approximate surface area is 111 Å². The third-order valence-electron chi connectivity index (χ3n) is 2.90. The van der Waals surface area contributed by atoms with Crippen LogP contribution in [-0.4, -0.2) is 18.9 Å². The van der Waals surface area contributed by atoms with E-state index >= 15 is 0 Å². The van der Waals surface area contributed by atoms with Gasteiger partial charge < -0.3 is 14.2 Å². The average Bonchev–Trinajstić information content (AvgIpc) is 2.28. The summed E-state index contributed by atoms with van der Waals surface area (Å²) in [4.78, 5) is 11.8. The van der Waals surface area contributed by atoms with Crippen LogP contribution < -0.4 is 4.74 Å². The van der Waals surface area contributed by atoms with E-state index in [0.29, 0.717) is 10.8 Å². The summed E-state index contributed by atoms with van der Waals surface area (Å²) in [5.74, 6) is -1.45. The Bertz CT molecular complexity index is 498. The number of fused-ring (bicyclic) bond motifs is 1. The van der Waals surface area contributed by atoms with Crippen molar-refractivity contribution in [3.8, 4) is 5.75 Å². The average molecular weight is 271 g/mol. The molecule has 0 radical (unpaired) electrons. The van der Waals surface area contributed by atoms with Gasteiger partial charge in [0.2, 0.25) is 0 Å². The van der Waals surface area contributed by atoms with Gasteiger partial charge in [-0.15, -0.1) is 0 Å². The first kappa shape index (κ1) is 13.2. The molecule has 4 nitrogen and oxygen atoms in total. The van der Waals surface area contributed by atoms with Crippen molar-refractivity contribution in [3.63, 3.8) is 0 Å². The van der Waals surface area contributed by atoms with Crippen LogP contribution in [0.3, 0.4) is 0 Å². The predicted molar refractivity (Wildman–Crippen MR) is 66.6 cm³/mol. The fourth-order valence-electron chi connectivity index (χ4n) is 2.10. The van der Waals surface area contributed by atoms with Crippen molar-refractivity contribution in [1.29, 1.82) is 0 Å². The number of hydrogen-bond acceptors (Lipinski definition) is 4. The second kappa shape index (κ2) is 4.14. The van der Waals surface area contributed by atoms with Crippen molar-refractivity contribution < 1.29 is 19.0 Å². The smallest absolute Gasteiger partial charge is 0.379 e. The number of esters is 1. The van der Waals surface area contributed by atoms with Crippen molar-refractivity contribution >= 4 is 17.6 Å². The van der Waals surface area contributed by atoms with E-state index in [9.17, 15) is 4.79 Å². The normalized spacial score (nSPS) is 24.9. The minimum atomic E-state index is -1.45. The Kier molecular flexibility index (Phi) is 3.03.